The fraction of sp³-hybridized carbons (Fsp3) is 0.417. The van der Waals surface area contributed by atoms with Crippen LogP contribution in [0.3, 0.4) is 0 Å². The van der Waals surface area contributed by atoms with Crippen LogP contribution in [-0.4, -0.2) is 19.7 Å². The quantitative estimate of drug-likeness (QED) is 0.727. The molecule has 1 amide bonds. The van der Waals surface area contributed by atoms with Crippen molar-refractivity contribution in [3.63, 3.8) is 0 Å². The zero-order valence-corrected chi connectivity index (χ0v) is 9.56. The SMILES string of the molecule is COC(=O)N1CCC(N)c2ccc(C)cc21. The van der Waals surface area contributed by atoms with Crippen molar-refractivity contribution in [2.45, 2.75) is 19.4 Å². The van der Waals surface area contributed by atoms with Crippen molar-refractivity contribution >= 4 is 11.8 Å². The lowest BCUT2D eigenvalue weighted by atomic mass is 9.96. The second kappa shape index (κ2) is 4.14. The van der Waals surface area contributed by atoms with Gasteiger partial charge in [0.15, 0.2) is 0 Å². The Hall–Kier alpha value is -1.55. The Bertz CT molecular complexity index is 417. The van der Waals surface area contributed by atoms with Gasteiger partial charge in [-0.1, -0.05) is 12.1 Å². The third-order valence-electron chi connectivity index (χ3n) is 2.93. The summed E-state index contributed by atoms with van der Waals surface area (Å²) in [5.74, 6) is 0. The molecule has 0 aliphatic carbocycles. The molecule has 0 bridgehead atoms. The van der Waals surface area contributed by atoms with E-state index in [9.17, 15) is 4.79 Å². The van der Waals surface area contributed by atoms with E-state index in [1.54, 1.807) is 4.90 Å². The number of anilines is 1. The molecule has 1 aromatic rings. The van der Waals surface area contributed by atoms with Gasteiger partial charge in [0, 0.05) is 12.6 Å². The molecule has 1 unspecified atom stereocenters. The molecule has 0 aromatic heterocycles. The van der Waals surface area contributed by atoms with Crippen LogP contribution < -0.4 is 10.6 Å². The average molecular weight is 220 g/mol. The molecular formula is C12H16N2O2. The number of hydrogen-bond acceptors (Lipinski definition) is 3. The predicted molar refractivity (Wildman–Crippen MR) is 62.5 cm³/mol. The third-order valence-corrected chi connectivity index (χ3v) is 2.93. The summed E-state index contributed by atoms with van der Waals surface area (Å²) in [5.41, 5.74) is 9.03. The summed E-state index contributed by atoms with van der Waals surface area (Å²) in [5, 5.41) is 0. The minimum atomic E-state index is -0.321. The number of hydrogen-bond donors (Lipinski definition) is 1. The molecule has 4 nitrogen and oxygen atoms in total. The van der Waals surface area contributed by atoms with E-state index in [0.717, 1.165) is 23.2 Å². The molecule has 1 aromatic carbocycles. The number of nitrogens with two attached hydrogens (primary N) is 1. The first-order valence-electron chi connectivity index (χ1n) is 5.35. The average Bonchev–Trinajstić information content (AvgIpc) is 2.28. The van der Waals surface area contributed by atoms with E-state index in [1.807, 2.05) is 25.1 Å². The molecule has 1 atom stereocenters. The minimum absolute atomic E-state index is 0.0107. The summed E-state index contributed by atoms with van der Waals surface area (Å²) in [6.07, 6.45) is 0.448. The van der Waals surface area contributed by atoms with Crippen LogP contribution in [0.25, 0.3) is 0 Å². The fourth-order valence-corrected chi connectivity index (χ4v) is 2.04. The van der Waals surface area contributed by atoms with Gasteiger partial charge in [0.05, 0.1) is 12.8 Å². The maximum absolute atomic E-state index is 11.6. The Kier molecular flexibility index (Phi) is 2.83. The molecule has 86 valence electrons. The van der Waals surface area contributed by atoms with E-state index in [2.05, 4.69) is 0 Å². The smallest absolute Gasteiger partial charge is 0.414 e. The fourth-order valence-electron chi connectivity index (χ4n) is 2.04. The number of nitrogens with zero attached hydrogens (tertiary/aromatic N) is 1. The second-order valence-electron chi connectivity index (χ2n) is 4.08. The van der Waals surface area contributed by atoms with Gasteiger partial charge in [0.1, 0.15) is 0 Å². The van der Waals surface area contributed by atoms with Crippen molar-refractivity contribution in [2.24, 2.45) is 5.73 Å². The first-order valence-corrected chi connectivity index (χ1v) is 5.35. The van der Waals surface area contributed by atoms with Crippen LogP contribution in [0, 0.1) is 6.92 Å². The van der Waals surface area contributed by atoms with Gasteiger partial charge in [0.25, 0.3) is 0 Å². The van der Waals surface area contributed by atoms with Crippen molar-refractivity contribution in [2.75, 3.05) is 18.6 Å². The Morgan fingerprint density at radius 3 is 3.00 bits per heavy atom. The lowest BCUT2D eigenvalue weighted by molar-refractivity contribution is 0.178. The van der Waals surface area contributed by atoms with Gasteiger partial charge in [-0.25, -0.2) is 4.79 Å². The van der Waals surface area contributed by atoms with Crippen molar-refractivity contribution in [3.05, 3.63) is 29.3 Å². The molecule has 1 aliphatic heterocycles. The number of rotatable bonds is 0. The minimum Gasteiger partial charge on any atom is -0.452 e. The molecule has 0 spiro atoms. The zero-order chi connectivity index (χ0) is 11.7. The maximum atomic E-state index is 11.6. The molecule has 1 heterocycles. The van der Waals surface area contributed by atoms with Crippen LogP contribution in [0.1, 0.15) is 23.6 Å². The second-order valence-corrected chi connectivity index (χ2v) is 4.08. The number of carbonyl (C=O) groups excluding carboxylic acids is 1. The molecule has 4 heteroatoms. The molecule has 0 saturated carbocycles. The highest BCUT2D eigenvalue weighted by Gasteiger charge is 2.27. The highest BCUT2D eigenvalue weighted by atomic mass is 16.5. The topological polar surface area (TPSA) is 55.6 Å². The first-order chi connectivity index (χ1) is 7.63. The number of fused-ring (bicyclic) bond motifs is 1. The van der Waals surface area contributed by atoms with Crippen LogP contribution in [0.4, 0.5) is 10.5 Å². The summed E-state index contributed by atoms with van der Waals surface area (Å²) in [4.78, 5) is 13.3. The van der Waals surface area contributed by atoms with Crippen LogP contribution in [-0.2, 0) is 4.74 Å². The van der Waals surface area contributed by atoms with Crippen LogP contribution in [0.2, 0.25) is 0 Å². The van der Waals surface area contributed by atoms with Gasteiger partial charge >= 0.3 is 6.09 Å². The molecule has 0 saturated heterocycles. The summed E-state index contributed by atoms with van der Waals surface area (Å²) in [6.45, 7) is 2.61. The van der Waals surface area contributed by atoms with E-state index >= 15 is 0 Å². The first kappa shape index (κ1) is 11.0. The van der Waals surface area contributed by atoms with E-state index in [-0.39, 0.29) is 12.1 Å². The Morgan fingerprint density at radius 2 is 2.31 bits per heavy atom. The van der Waals surface area contributed by atoms with Crippen LogP contribution >= 0.6 is 0 Å². The lowest BCUT2D eigenvalue weighted by Crippen LogP contribution is -2.38. The zero-order valence-electron chi connectivity index (χ0n) is 9.56. The molecule has 2 N–H and O–H groups in total. The highest BCUT2D eigenvalue weighted by molar-refractivity contribution is 5.89. The number of aryl methyl sites for hydroxylation is 1. The molecule has 2 rings (SSSR count). The summed E-state index contributed by atoms with van der Waals surface area (Å²) >= 11 is 0. The van der Waals surface area contributed by atoms with Gasteiger partial charge < -0.3 is 10.5 Å². The van der Waals surface area contributed by atoms with Crippen molar-refractivity contribution in [1.29, 1.82) is 0 Å². The van der Waals surface area contributed by atoms with E-state index in [4.69, 9.17) is 10.5 Å². The maximum Gasteiger partial charge on any atom is 0.414 e. The molecule has 0 radical (unpaired) electrons. The number of ether oxygens (including phenoxy) is 1. The van der Waals surface area contributed by atoms with Gasteiger partial charge in [-0.2, -0.15) is 0 Å². The van der Waals surface area contributed by atoms with Crippen molar-refractivity contribution in [3.8, 4) is 0 Å². The lowest BCUT2D eigenvalue weighted by Gasteiger charge is -2.31. The van der Waals surface area contributed by atoms with Gasteiger partial charge in [-0.15, -0.1) is 0 Å². The summed E-state index contributed by atoms with van der Waals surface area (Å²) < 4.78 is 4.77. The van der Waals surface area contributed by atoms with Crippen molar-refractivity contribution < 1.29 is 9.53 Å². The standard InChI is InChI=1S/C12H16N2O2/c1-8-3-4-9-10(13)5-6-14(11(9)7-8)12(15)16-2/h3-4,7,10H,5-6,13H2,1-2H3. The number of amides is 1. The monoisotopic (exact) mass is 220 g/mol. The van der Waals surface area contributed by atoms with E-state index in [0.29, 0.717) is 6.54 Å². The van der Waals surface area contributed by atoms with Crippen LogP contribution in [0.5, 0.6) is 0 Å². The van der Waals surface area contributed by atoms with Gasteiger partial charge in [-0.05, 0) is 30.5 Å². The molecule has 0 fully saturated rings. The normalized spacial score (nSPS) is 19.2. The van der Waals surface area contributed by atoms with Crippen molar-refractivity contribution in [1.82, 2.24) is 0 Å². The van der Waals surface area contributed by atoms with E-state index in [1.165, 1.54) is 7.11 Å². The number of benzene rings is 1. The molecule has 1 aliphatic rings. The number of methoxy groups -OCH3 is 1. The Morgan fingerprint density at radius 1 is 1.56 bits per heavy atom. The largest absolute Gasteiger partial charge is 0.452 e. The van der Waals surface area contributed by atoms with Crippen LogP contribution in [0.15, 0.2) is 18.2 Å². The Balaban J connectivity index is 2.45. The molecule has 16 heavy (non-hydrogen) atoms. The predicted octanol–water partition coefficient (Wildman–Crippen LogP) is 1.97. The number of carbonyl (C=O) groups is 1. The summed E-state index contributed by atoms with van der Waals surface area (Å²) in [7, 11) is 1.40. The third kappa shape index (κ3) is 1.76. The molecular weight excluding hydrogens is 204 g/mol. The van der Waals surface area contributed by atoms with Gasteiger partial charge in [-0.3, -0.25) is 4.90 Å². The summed E-state index contributed by atoms with van der Waals surface area (Å²) in [6, 6.07) is 5.99. The highest BCUT2D eigenvalue weighted by Crippen LogP contribution is 2.33. The van der Waals surface area contributed by atoms with E-state index < -0.39 is 0 Å². The van der Waals surface area contributed by atoms with Gasteiger partial charge in [0.2, 0.25) is 0 Å². The Labute approximate surface area is 95.0 Å².